The van der Waals surface area contributed by atoms with Crippen molar-refractivity contribution >= 4 is 5.91 Å². The van der Waals surface area contributed by atoms with Crippen molar-refractivity contribution in [1.82, 2.24) is 5.32 Å². The van der Waals surface area contributed by atoms with Crippen LogP contribution in [0.2, 0.25) is 0 Å². The quantitative estimate of drug-likeness (QED) is 0.679. The van der Waals surface area contributed by atoms with E-state index in [4.69, 9.17) is 6.42 Å². The molecule has 2 unspecified atom stereocenters. The summed E-state index contributed by atoms with van der Waals surface area (Å²) in [5, 5.41) is 3.00. The molecule has 1 saturated carbocycles. The van der Waals surface area contributed by atoms with Gasteiger partial charge < -0.3 is 5.32 Å². The first kappa shape index (κ1) is 11.1. The van der Waals surface area contributed by atoms with E-state index < -0.39 is 0 Å². The lowest BCUT2D eigenvalue weighted by Crippen LogP contribution is -2.36. The van der Waals surface area contributed by atoms with Gasteiger partial charge in [0.15, 0.2) is 0 Å². The van der Waals surface area contributed by atoms with Gasteiger partial charge in [-0.3, -0.25) is 4.79 Å². The molecule has 14 heavy (non-hydrogen) atoms. The molecule has 0 bridgehead atoms. The van der Waals surface area contributed by atoms with Crippen LogP contribution in [0.3, 0.4) is 0 Å². The summed E-state index contributed by atoms with van der Waals surface area (Å²) in [4.78, 5) is 11.7. The van der Waals surface area contributed by atoms with Gasteiger partial charge in [0, 0.05) is 18.4 Å². The van der Waals surface area contributed by atoms with Gasteiger partial charge in [-0.1, -0.05) is 20.8 Å². The summed E-state index contributed by atoms with van der Waals surface area (Å²) in [7, 11) is 0. The summed E-state index contributed by atoms with van der Waals surface area (Å²) in [6.07, 6.45) is 7.77. The van der Waals surface area contributed by atoms with Crippen LogP contribution in [0.4, 0.5) is 0 Å². The highest BCUT2D eigenvalue weighted by molar-refractivity contribution is 5.82. The molecular formula is C12H19NO. The van der Waals surface area contributed by atoms with Crippen LogP contribution in [0.1, 0.15) is 40.0 Å². The predicted octanol–water partition coefficient (Wildman–Crippen LogP) is 1.95. The van der Waals surface area contributed by atoms with Crippen LogP contribution < -0.4 is 5.32 Å². The minimum absolute atomic E-state index is 0.156. The molecule has 78 valence electrons. The molecule has 1 aliphatic carbocycles. The van der Waals surface area contributed by atoms with Crippen LogP contribution >= 0.6 is 0 Å². The third-order valence-electron chi connectivity index (χ3n) is 3.03. The Labute approximate surface area is 86.5 Å². The standard InChI is InChI=1S/C12H19NO/c1-5-7-9(6-2)13-11(14)10-8-12(10,3)4/h1,9-10H,6-8H2,2-4H3,(H,13,14). The summed E-state index contributed by atoms with van der Waals surface area (Å²) in [6, 6.07) is 0.156. The van der Waals surface area contributed by atoms with E-state index in [1.807, 2.05) is 6.92 Å². The Morgan fingerprint density at radius 1 is 1.71 bits per heavy atom. The first-order valence-corrected chi connectivity index (χ1v) is 5.25. The van der Waals surface area contributed by atoms with Crippen molar-refractivity contribution in [3.8, 4) is 12.3 Å². The summed E-state index contributed by atoms with van der Waals surface area (Å²) in [5.74, 6) is 2.97. The van der Waals surface area contributed by atoms with E-state index in [1.165, 1.54) is 0 Å². The van der Waals surface area contributed by atoms with E-state index in [1.54, 1.807) is 0 Å². The van der Waals surface area contributed by atoms with Gasteiger partial charge in [-0.05, 0) is 18.3 Å². The van der Waals surface area contributed by atoms with Crippen LogP contribution in [0.15, 0.2) is 0 Å². The highest BCUT2D eigenvalue weighted by atomic mass is 16.2. The van der Waals surface area contributed by atoms with Crippen LogP contribution in [-0.2, 0) is 4.79 Å². The Morgan fingerprint density at radius 2 is 2.29 bits per heavy atom. The van der Waals surface area contributed by atoms with Crippen molar-refractivity contribution < 1.29 is 4.79 Å². The fourth-order valence-electron chi connectivity index (χ4n) is 1.66. The van der Waals surface area contributed by atoms with E-state index >= 15 is 0 Å². The van der Waals surface area contributed by atoms with Crippen LogP contribution in [0, 0.1) is 23.7 Å². The largest absolute Gasteiger partial charge is 0.352 e. The first-order chi connectivity index (χ1) is 6.51. The van der Waals surface area contributed by atoms with Crippen molar-refractivity contribution in [1.29, 1.82) is 0 Å². The average Bonchev–Trinajstić information content (AvgIpc) is 2.74. The molecule has 0 radical (unpaired) electrons. The Hall–Kier alpha value is -0.970. The monoisotopic (exact) mass is 193 g/mol. The second-order valence-corrected chi connectivity index (χ2v) is 4.77. The predicted molar refractivity (Wildman–Crippen MR) is 57.6 cm³/mol. The van der Waals surface area contributed by atoms with Crippen molar-refractivity contribution in [2.45, 2.75) is 46.1 Å². The van der Waals surface area contributed by atoms with Gasteiger partial charge in [0.2, 0.25) is 5.91 Å². The molecule has 1 aliphatic rings. The molecule has 0 saturated heterocycles. The lowest BCUT2D eigenvalue weighted by Gasteiger charge is -2.14. The second kappa shape index (κ2) is 4.04. The number of rotatable bonds is 4. The van der Waals surface area contributed by atoms with E-state index in [2.05, 4.69) is 25.1 Å². The number of amides is 1. The lowest BCUT2D eigenvalue weighted by atomic mass is 10.1. The fraction of sp³-hybridized carbons (Fsp3) is 0.750. The smallest absolute Gasteiger partial charge is 0.223 e. The summed E-state index contributed by atoms with van der Waals surface area (Å²) < 4.78 is 0. The van der Waals surface area contributed by atoms with Gasteiger partial charge in [-0.15, -0.1) is 12.3 Å². The van der Waals surface area contributed by atoms with Gasteiger partial charge in [0.25, 0.3) is 0 Å². The SMILES string of the molecule is C#CCC(CC)NC(=O)C1CC1(C)C. The zero-order valence-corrected chi connectivity index (χ0v) is 9.26. The number of hydrogen-bond donors (Lipinski definition) is 1. The zero-order chi connectivity index (χ0) is 10.8. The maximum absolute atomic E-state index is 11.7. The van der Waals surface area contributed by atoms with E-state index in [0.717, 1.165) is 12.8 Å². The van der Waals surface area contributed by atoms with Gasteiger partial charge in [-0.2, -0.15) is 0 Å². The number of hydrogen-bond acceptors (Lipinski definition) is 1. The molecule has 1 fully saturated rings. The van der Waals surface area contributed by atoms with E-state index in [-0.39, 0.29) is 23.3 Å². The average molecular weight is 193 g/mol. The Kier molecular flexibility index (Phi) is 3.21. The van der Waals surface area contributed by atoms with Crippen LogP contribution in [0.5, 0.6) is 0 Å². The summed E-state index contributed by atoms with van der Waals surface area (Å²) in [5.41, 5.74) is 0.207. The molecule has 1 rings (SSSR count). The molecule has 1 N–H and O–H groups in total. The second-order valence-electron chi connectivity index (χ2n) is 4.77. The molecule has 0 heterocycles. The first-order valence-electron chi connectivity index (χ1n) is 5.25. The van der Waals surface area contributed by atoms with Gasteiger partial charge in [-0.25, -0.2) is 0 Å². The van der Waals surface area contributed by atoms with Gasteiger partial charge in [0.05, 0.1) is 0 Å². The molecule has 0 aromatic carbocycles. The highest BCUT2D eigenvalue weighted by Crippen LogP contribution is 2.51. The van der Waals surface area contributed by atoms with Crippen LogP contribution in [-0.4, -0.2) is 11.9 Å². The molecule has 2 nitrogen and oxygen atoms in total. The van der Waals surface area contributed by atoms with Gasteiger partial charge >= 0.3 is 0 Å². The van der Waals surface area contributed by atoms with Crippen molar-refractivity contribution in [3.05, 3.63) is 0 Å². The number of nitrogens with one attached hydrogen (secondary N) is 1. The molecule has 0 aromatic heterocycles. The summed E-state index contributed by atoms with van der Waals surface area (Å²) >= 11 is 0. The van der Waals surface area contributed by atoms with Crippen molar-refractivity contribution in [2.24, 2.45) is 11.3 Å². The number of carbonyl (C=O) groups excluding carboxylic acids is 1. The maximum Gasteiger partial charge on any atom is 0.223 e. The van der Waals surface area contributed by atoms with E-state index in [9.17, 15) is 4.79 Å². The molecule has 2 heteroatoms. The molecule has 0 aromatic rings. The Bertz CT molecular complexity index is 262. The molecule has 1 amide bonds. The third-order valence-corrected chi connectivity index (χ3v) is 3.03. The highest BCUT2D eigenvalue weighted by Gasteiger charge is 2.50. The Balaban J connectivity index is 2.37. The third kappa shape index (κ3) is 2.51. The molecule has 2 atom stereocenters. The minimum atomic E-state index is 0.156. The summed E-state index contributed by atoms with van der Waals surface area (Å²) in [6.45, 7) is 6.29. The zero-order valence-electron chi connectivity index (χ0n) is 9.26. The topological polar surface area (TPSA) is 29.1 Å². The van der Waals surface area contributed by atoms with Crippen molar-refractivity contribution in [3.63, 3.8) is 0 Å². The molecular weight excluding hydrogens is 174 g/mol. The molecule has 0 spiro atoms. The van der Waals surface area contributed by atoms with Crippen LogP contribution in [0.25, 0.3) is 0 Å². The lowest BCUT2D eigenvalue weighted by molar-refractivity contribution is -0.123. The number of terminal acetylenes is 1. The van der Waals surface area contributed by atoms with Crippen molar-refractivity contribution in [2.75, 3.05) is 0 Å². The van der Waals surface area contributed by atoms with Gasteiger partial charge in [0.1, 0.15) is 0 Å². The van der Waals surface area contributed by atoms with E-state index in [0.29, 0.717) is 6.42 Å². The minimum Gasteiger partial charge on any atom is -0.352 e. The molecule has 0 aliphatic heterocycles. The Morgan fingerprint density at radius 3 is 2.64 bits per heavy atom. The number of carbonyl (C=O) groups is 1. The fourth-order valence-corrected chi connectivity index (χ4v) is 1.66. The maximum atomic E-state index is 11.7. The normalized spacial score (nSPS) is 24.9.